The zero-order valence-corrected chi connectivity index (χ0v) is 22.3. The van der Waals surface area contributed by atoms with Crippen molar-refractivity contribution in [3.63, 3.8) is 0 Å². The summed E-state index contributed by atoms with van der Waals surface area (Å²) in [5, 5.41) is 3.75. The summed E-state index contributed by atoms with van der Waals surface area (Å²) in [6.07, 6.45) is 0. The maximum Gasteiger partial charge on any atom is 0.0782 e. The van der Waals surface area contributed by atoms with Crippen LogP contribution < -0.4 is 10.2 Å². The number of benzene rings is 6. The summed E-state index contributed by atoms with van der Waals surface area (Å²) in [6.45, 7) is 2.19. The van der Waals surface area contributed by atoms with Crippen molar-refractivity contribution < 1.29 is 0 Å². The van der Waals surface area contributed by atoms with Gasteiger partial charge in [0, 0.05) is 17.1 Å². The summed E-state index contributed by atoms with van der Waals surface area (Å²) >= 11 is 0. The molecule has 2 aliphatic heterocycles. The van der Waals surface area contributed by atoms with Gasteiger partial charge in [-0.2, -0.15) is 0 Å². The number of hydrogen-bond donors (Lipinski definition) is 1. The van der Waals surface area contributed by atoms with Crippen molar-refractivity contribution in [2.45, 2.75) is 12.3 Å². The molecular formula is C38H28N2. The zero-order valence-electron chi connectivity index (χ0n) is 22.3. The molecule has 8 rings (SSSR count). The van der Waals surface area contributed by atoms with E-state index in [0.717, 1.165) is 17.1 Å². The first-order valence-corrected chi connectivity index (χ1v) is 13.9. The van der Waals surface area contributed by atoms with Gasteiger partial charge in [-0.15, -0.1) is 0 Å². The number of hydrogen-bond acceptors (Lipinski definition) is 2. The van der Waals surface area contributed by atoms with E-state index in [2.05, 4.69) is 163 Å². The van der Waals surface area contributed by atoms with Gasteiger partial charge in [0.1, 0.15) is 0 Å². The minimum absolute atomic E-state index is 0.448. The fourth-order valence-corrected chi connectivity index (χ4v) is 6.83. The highest BCUT2D eigenvalue weighted by molar-refractivity contribution is 5.94. The fourth-order valence-electron chi connectivity index (χ4n) is 6.83. The van der Waals surface area contributed by atoms with Gasteiger partial charge in [0.05, 0.1) is 16.8 Å². The van der Waals surface area contributed by atoms with E-state index < -0.39 is 5.41 Å². The third-order valence-electron chi connectivity index (χ3n) is 8.51. The minimum atomic E-state index is -0.448. The Hall–Kier alpha value is -5.08. The number of nitrogens with one attached hydrogen (secondary N) is 1. The second-order valence-electron chi connectivity index (χ2n) is 10.8. The molecule has 190 valence electrons. The van der Waals surface area contributed by atoms with E-state index in [1.807, 2.05) is 0 Å². The van der Waals surface area contributed by atoms with Gasteiger partial charge in [0.15, 0.2) is 0 Å². The number of nitrogens with zero attached hydrogens (tertiary/aromatic N) is 1. The molecule has 0 bridgehead atoms. The highest BCUT2D eigenvalue weighted by Gasteiger charge is 2.50. The Morgan fingerprint density at radius 3 is 1.73 bits per heavy atom. The van der Waals surface area contributed by atoms with Crippen LogP contribution in [0.25, 0.3) is 11.1 Å². The smallest absolute Gasteiger partial charge is 0.0782 e. The first kappa shape index (κ1) is 22.9. The van der Waals surface area contributed by atoms with E-state index in [9.17, 15) is 0 Å². The van der Waals surface area contributed by atoms with E-state index in [-0.39, 0.29) is 0 Å². The van der Waals surface area contributed by atoms with Crippen LogP contribution in [0.5, 0.6) is 0 Å². The van der Waals surface area contributed by atoms with Crippen LogP contribution in [0.15, 0.2) is 146 Å². The number of rotatable bonds is 2. The molecule has 2 nitrogen and oxygen atoms in total. The average molecular weight is 513 g/mol. The fraction of sp³-hybridized carbons (Fsp3) is 0.0526. The maximum absolute atomic E-state index is 3.75. The zero-order chi connectivity index (χ0) is 26.7. The summed E-state index contributed by atoms with van der Waals surface area (Å²) in [5.74, 6) is 0. The van der Waals surface area contributed by atoms with Crippen LogP contribution in [0, 0.1) is 6.92 Å². The summed E-state index contributed by atoms with van der Waals surface area (Å²) in [4.78, 5) is 2.44. The van der Waals surface area contributed by atoms with Crippen LogP contribution in [-0.2, 0) is 5.41 Å². The molecule has 1 N–H and O–H groups in total. The predicted octanol–water partition coefficient (Wildman–Crippen LogP) is 9.88. The Morgan fingerprint density at radius 2 is 1.02 bits per heavy atom. The largest absolute Gasteiger partial charge is 0.355 e. The molecule has 6 aromatic rings. The molecule has 0 amide bonds. The Labute approximate surface area is 235 Å². The number of fused-ring (bicyclic) bond motifs is 8. The van der Waals surface area contributed by atoms with Crippen LogP contribution in [0.2, 0.25) is 0 Å². The predicted molar refractivity (Wildman–Crippen MR) is 166 cm³/mol. The second kappa shape index (κ2) is 8.72. The molecule has 0 aromatic heterocycles. The quantitative estimate of drug-likeness (QED) is 0.248. The SMILES string of the molecule is Cc1ccc2c(c1)C1(c3ccccc3N2)c2ccccc2N(c2ccc(-c3ccccc3)cc2)c2ccccc21. The van der Waals surface area contributed by atoms with E-state index >= 15 is 0 Å². The van der Waals surface area contributed by atoms with Crippen LogP contribution >= 0.6 is 0 Å². The van der Waals surface area contributed by atoms with Crippen molar-refractivity contribution in [3.05, 3.63) is 173 Å². The second-order valence-corrected chi connectivity index (χ2v) is 10.8. The van der Waals surface area contributed by atoms with Gasteiger partial charge in [-0.25, -0.2) is 0 Å². The summed E-state index contributed by atoms with van der Waals surface area (Å²) in [5.41, 5.74) is 14.3. The lowest BCUT2D eigenvalue weighted by molar-refractivity contribution is 0.726. The van der Waals surface area contributed by atoms with Gasteiger partial charge in [0.2, 0.25) is 0 Å². The average Bonchev–Trinajstić information content (AvgIpc) is 3.02. The highest BCUT2D eigenvalue weighted by Crippen LogP contribution is 2.61. The van der Waals surface area contributed by atoms with Crippen LogP contribution in [0.3, 0.4) is 0 Å². The molecule has 0 radical (unpaired) electrons. The molecule has 1 spiro atoms. The minimum Gasteiger partial charge on any atom is -0.355 e. The van der Waals surface area contributed by atoms with Crippen LogP contribution in [0.4, 0.5) is 28.4 Å². The molecule has 40 heavy (non-hydrogen) atoms. The topological polar surface area (TPSA) is 15.3 Å². The standard InChI is InChI=1S/C38H28N2/c1-26-19-24-35-33(25-26)38(30-13-5-8-16-34(30)39-35)31-14-6-9-17-36(31)40(37-18-10-7-15-32(37)38)29-22-20-28(21-23-29)27-11-3-2-4-12-27/h2-25,39H,1H3. The van der Waals surface area contributed by atoms with Gasteiger partial charge >= 0.3 is 0 Å². The Kier molecular flexibility index (Phi) is 4.99. The molecule has 0 unspecified atom stereocenters. The van der Waals surface area contributed by atoms with Gasteiger partial charge in [-0.3, -0.25) is 0 Å². The summed E-state index contributed by atoms with van der Waals surface area (Å²) in [7, 11) is 0. The Balaban J connectivity index is 1.42. The molecule has 0 aliphatic carbocycles. The van der Waals surface area contributed by atoms with Crippen molar-refractivity contribution in [1.82, 2.24) is 0 Å². The van der Waals surface area contributed by atoms with E-state index in [1.54, 1.807) is 0 Å². The Morgan fingerprint density at radius 1 is 0.475 bits per heavy atom. The van der Waals surface area contributed by atoms with E-state index in [1.165, 1.54) is 50.3 Å². The Bertz CT molecular complexity index is 1840. The van der Waals surface area contributed by atoms with Crippen molar-refractivity contribution in [1.29, 1.82) is 0 Å². The number of para-hydroxylation sites is 3. The number of aryl methyl sites for hydroxylation is 1. The van der Waals surface area contributed by atoms with Gasteiger partial charge in [-0.05, 0) is 76.7 Å². The van der Waals surface area contributed by atoms with Gasteiger partial charge in [-0.1, -0.05) is 115 Å². The van der Waals surface area contributed by atoms with Crippen molar-refractivity contribution >= 4 is 28.4 Å². The molecule has 6 aromatic carbocycles. The van der Waals surface area contributed by atoms with E-state index in [0.29, 0.717) is 0 Å². The summed E-state index contributed by atoms with van der Waals surface area (Å²) in [6, 6.07) is 53.1. The third kappa shape index (κ3) is 3.17. The lowest BCUT2D eigenvalue weighted by Gasteiger charge is -2.49. The molecule has 0 saturated carbocycles. The lowest BCUT2D eigenvalue weighted by atomic mass is 9.60. The number of anilines is 5. The maximum atomic E-state index is 3.75. The third-order valence-corrected chi connectivity index (χ3v) is 8.51. The van der Waals surface area contributed by atoms with Gasteiger partial charge in [0.25, 0.3) is 0 Å². The molecular weight excluding hydrogens is 484 g/mol. The first-order chi connectivity index (χ1) is 19.7. The molecule has 0 fully saturated rings. The monoisotopic (exact) mass is 512 g/mol. The molecule has 2 aliphatic rings. The van der Waals surface area contributed by atoms with E-state index in [4.69, 9.17) is 0 Å². The van der Waals surface area contributed by atoms with Crippen LogP contribution in [0.1, 0.15) is 27.8 Å². The van der Waals surface area contributed by atoms with Crippen LogP contribution in [-0.4, -0.2) is 0 Å². The molecule has 0 atom stereocenters. The first-order valence-electron chi connectivity index (χ1n) is 13.9. The van der Waals surface area contributed by atoms with Gasteiger partial charge < -0.3 is 10.2 Å². The normalized spacial score (nSPS) is 14.0. The van der Waals surface area contributed by atoms with Crippen molar-refractivity contribution in [2.24, 2.45) is 0 Å². The molecule has 0 saturated heterocycles. The van der Waals surface area contributed by atoms with Crippen molar-refractivity contribution in [2.75, 3.05) is 10.2 Å². The molecule has 2 heterocycles. The highest BCUT2D eigenvalue weighted by atomic mass is 15.2. The van der Waals surface area contributed by atoms with Crippen molar-refractivity contribution in [3.8, 4) is 11.1 Å². The summed E-state index contributed by atoms with van der Waals surface area (Å²) < 4.78 is 0. The lowest BCUT2D eigenvalue weighted by Crippen LogP contribution is -2.40. The molecule has 2 heteroatoms.